The molecule has 0 atom stereocenters. The number of hydrogen-bond donors (Lipinski definition) is 0. The maximum atomic E-state index is 13.4. The molecule has 0 aliphatic rings. The van der Waals surface area contributed by atoms with E-state index in [0.717, 1.165) is 11.0 Å². The quantitative estimate of drug-likeness (QED) is 0.355. The van der Waals surface area contributed by atoms with Crippen molar-refractivity contribution in [2.24, 2.45) is 7.05 Å². The molecule has 4 rings (SSSR count). The van der Waals surface area contributed by atoms with Crippen LogP contribution >= 0.6 is 0 Å². The summed E-state index contributed by atoms with van der Waals surface area (Å²) in [6, 6.07) is 18.3. The van der Waals surface area contributed by atoms with Crippen LogP contribution in [0, 0.1) is 11.6 Å². The number of carbonyl (C=O) groups is 1. The molecule has 0 N–H and O–H groups in total. The van der Waals surface area contributed by atoms with Gasteiger partial charge in [0.1, 0.15) is 23.2 Å². The zero-order valence-electron chi connectivity index (χ0n) is 15.5. The first-order chi connectivity index (χ1) is 14.0. The molecule has 0 saturated heterocycles. The largest absolute Gasteiger partial charge is 0.422 e. The molecular weight excluding hydrogens is 374 g/mol. The van der Waals surface area contributed by atoms with E-state index in [-0.39, 0.29) is 11.3 Å². The molecule has 0 saturated carbocycles. The van der Waals surface area contributed by atoms with E-state index < -0.39 is 17.6 Å². The van der Waals surface area contributed by atoms with Crippen molar-refractivity contribution >= 4 is 28.8 Å². The second-order valence-corrected chi connectivity index (χ2v) is 6.43. The van der Waals surface area contributed by atoms with Crippen molar-refractivity contribution < 1.29 is 18.3 Å². The summed E-state index contributed by atoms with van der Waals surface area (Å²) in [6.07, 6.45) is 1.62. The predicted molar refractivity (Wildman–Crippen MR) is 107 cm³/mol. The minimum atomic E-state index is -0.653. The smallest absolute Gasteiger partial charge is 0.343 e. The van der Waals surface area contributed by atoms with Gasteiger partial charge >= 0.3 is 5.97 Å². The lowest BCUT2D eigenvalue weighted by Crippen LogP contribution is -2.05. The van der Waals surface area contributed by atoms with Gasteiger partial charge in [-0.15, -0.1) is 0 Å². The highest BCUT2D eigenvalue weighted by Gasteiger charge is 2.15. The maximum absolute atomic E-state index is 13.4. The number of imidazole rings is 1. The molecule has 4 aromatic rings. The van der Waals surface area contributed by atoms with Gasteiger partial charge in [-0.1, -0.05) is 12.1 Å². The summed E-state index contributed by atoms with van der Waals surface area (Å²) in [5, 5.41) is 0. The second kappa shape index (κ2) is 7.67. The molecule has 0 radical (unpaired) electrons. The number of aromatic nitrogens is 2. The maximum Gasteiger partial charge on any atom is 0.343 e. The SMILES string of the molecule is Cn1c(/C=C(\OC(=O)c2ccc(F)cc2)c2ccc(F)cc2)nc2ccccc21. The Morgan fingerprint density at radius 1 is 0.897 bits per heavy atom. The Bertz CT molecular complexity index is 1210. The van der Waals surface area contributed by atoms with Gasteiger partial charge in [0.05, 0.1) is 16.6 Å². The molecule has 29 heavy (non-hydrogen) atoms. The zero-order valence-corrected chi connectivity index (χ0v) is 15.5. The van der Waals surface area contributed by atoms with Crippen molar-refractivity contribution in [2.45, 2.75) is 0 Å². The lowest BCUT2D eigenvalue weighted by atomic mass is 10.1. The van der Waals surface area contributed by atoms with E-state index in [4.69, 9.17) is 4.74 Å². The number of nitrogens with zero attached hydrogens (tertiary/aromatic N) is 2. The standard InChI is InChI=1S/C23H16F2N2O2/c1-27-20-5-3-2-4-19(20)26-22(27)14-21(15-6-10-17(24)11-7-15)29-23(28)16-8-12-18(25)13-9-16/h2-14H,1H3/b21-14-. The number of rotatable bonds is 4. The van der Waals surface area contributed by atoms with Gasteiger partial charge in [-0.3, -0.25) is 0 Å². The van der Waals surface area contributed by atoms with Crippen molar-refractivity contribution in [3.8, 4) is 0 Å². The molecule has 0 aliphatic heterocycles. The first-order valence-electron chi connectivity index (χ1n) is 8.88. The molecule has 3 aromatic carbocycles. The summed E-state index contributed by atoms with van der Waals surface area (Å²) in [6.45, 7) is 0. The highest BCUT2D eigenvalue weighted by Crippen LogP contribution is 2.23. The fourth-order valence-electron chi connectivity index (χ4n) is 2.94. The summed E-state index contributed by atoms with van der Waals surface area (Å²) in [7, 11) is 1.85. The molecule has 0 amide bonds. The second-order valence-electron chi connectivity index (χ2n) is 6.43. The highest BCUT2D eigenvalue weighted by molar-refractivity contribution is 5.95. The number of fused-ring (bicyclic) bond motifs is 1. The Kier molecular flexibility index (Phi) is 4.91. The van der Waals surface area contributed by atoms with Crippen LogP contribution < -0.4 is 0 Å². The number of benzene rings is 3. The third-order valence-corrected chi connectivity index (χ3v) is 4.49. The van der Waals surface area contributed by atoms with Gasteiger partial charge in [0, 0.05) is 18.7 Å². The topological polar surface area (TPSA) is 44.1 Å². The van der Waals surface area contributed by atoms with Crippen LogP contribution in [0.1, 0.15) is 21.7 Å². The van der Waals surface area contributed by atoms with Gasteiger partial charge in [-0.05, 0) is 60.7 Å². The molecule has 0 fully saturated rings. The number of aryl methyl sites for hydroxylation is 1. The van der Waals surface area contributed by atoms with Crippen LogP contribution in [0.2, 0.25) is 0 Å². The van der Waals surface area contributed by atoms with Crippen molar-refractivity contribution in [1.29, 1.82) is 0 Å². The van der Waals surface area contributed by atoms with Gasteiger partial charge in [0.2, 0.25) is 0 Å². The molecule has 144 valence electrons. The summed E-state index contributed by atoms with van der Waals surface area (Å²) < 4.78 is 34.0. The van der Waals surface area contributed by atoms with Crippen molar-refractivity contribution in [2.75, 3.05) is 0 Å². The Hall–Kier alpha value is -3.80. The summed E-state index contributed by atoms with van der Waals surface area (Å²) in [4.78, 5) is 17.1. The van der Waals surface area contributed by atoms with Gasteiger partial charge in [-0.2, -0.15) is 0 Å². The van der Waals surface area contributed by atoms with E-state index in [1.807, 2.05) is 35.9 Å². The van der Waals surface area contributed by atoms with Crippen LogP contribution in [-0.4, -0.2) is 15.5 Å². The Balaban J connectivity index is 1.76. The van der Waals surface area contributed by atoms with Gasteiger partial charge in [-0.25, -0.2) is 18.6 Å². The summed E-state index contributed by atoms with van der Waals surface area (Å²) in [5.74, 6) is -0.731. The fraction of sp³-hybridized carbons (Fsp3) is 0.0435. The van der Waals surface area contributed by atoms with E-state index >= 15 is 0 Å². The minimum absolute atomic E-state index is 0.199. The average molecular weight is 390 g/mol. The number of carbonyl (C=O) groups excluding carboxylic acids is 1. The summed E-state index contributed by atoms with van der Waals surface area (Å²) in [5.41, 5.74) is 2.42. The Labute approximate surface area is 165 Å². The molecule has 1 aromatic heterocycles. The highest BCUT2D eigenvalue weighted by atomic mass is 19.1. The lowest BCUT2D eigenvalue weighted by molar-refractivity contribution is 0.0693. The van der Waals surface area contributed by atoms with Crippen molar-refractivity contribution in [3.05, 3.63) is 101 Å². The van der Waals surface area contributed by atoms with Gasteiger partial charge in [0.25, 0.3) is 0 Å². The summed E-state index contributed by atoms with van der Waals surface area (Å²) >= 11 is 0. The molecule has 1 heterocycles. The van der Waals surface area contributed by atoms with E-state index in [1.165, 1.54) is 48.5 Å². The Morgan fingerprint density at radius 3 is 2.10 bits per heavy atom. The number of ether oxygens (including phenoxy) is 1. The third kappa shape index (κ3) is 3.91. The molecule has 4 nitrogen and oxygen atoms in total. The normalized spacial score (nSPS) is 11.6. The van der Waals surface area contributed by atoms with Crippen molar-refractivity contribution in [3.63, 3.8) is 0 Å². The van der Waals surface area contributed by atoms with Crippen LogP contribution in [0.4, 0.5) is 8.78 Å². The average Bonchev–Trinajstić information content (AvgIpc) is 3.04. The van der Waals surface area contributed by atoms with Crippen LogP contribution in [0.5, 0.6) is 0 Å². The predicted octanol–water partition coefficient (Wildman–Crippen LogP) is 5.21. The molecule has 0 spiro atoms. The number of hydrogen-bond acceptors (Lipinski definition) is 3. The molecular formula is C23H16F2N2O2. The van der Waals surface area contributed by atoms with Gasteiger partial charge < -0.3 is 9.30 Å². The third-order valence-electron chi connectivity index (χ3n) is 4.49. The minimum Gasteiger partial charge on any atom is -0.422 e. The van der Waals surface area contributed by atoms with Crippen LogP contribution in [0.3, 0.4) is 0 Å². The fourth-order valence-corrected chi connectivity index (χ4v) is 2.94. The molecule has 0 bridgehead atoms. The van der Waals surface area contributed by atoms with Gasteiger partial charge in [0.15, 0.2) is 0 Å². The number of halogens is 2. The first-order valence-corrected chi connectivity index (χ1v) is 8.88. The van der Waals surface area contributed by atoms with E-state index in [0.29, 0.717) is 11.4 Å². The monoisotopic (exact) mass is 390 g/mol. The zero-order chi connectivity index (χ0) is 20.4. The Morgan fingerprint density at radius 2 is 1.48 bits per heavy atom. The molecule has 0 unspecified atom stereocenters. The lowest BCUT2D eigenvalue weighted by Gasteiger charge is -2.10. The number of para-hydroxylation sites is 2. The van der Waals surface area contributed by atoms with E-state index in [1.54, 1.807) is 6.08 Å². The van der Waals surface area contributed by atoms with Crippen LogP contribution in [-0.2, 0) is 11.8 Å². The van der Waals surface area contributed by atoms with Crippen molar-refractivity contribution in [1.82, 2.24) is 9.55 Å². The molecule has 6 heteroatoms. The van der Waals surface area contributed by atoms with Crippen LogP contribution in [0.15, 0.2) is 72.8 Å². The number of esters is 1. The van der Waals surface area contributed by atoms with E-state index in [2.05, 4.69) is 4.98 Å². The first kappa shape index (κ1) is 18.6. The van der Waals surface area contributed by atoms with E-state index in [9.17, 15) is 13.6 Å². The van der Waals surface area contributed by atoms with Crippen LogP contribution in [0.25, 0.3) is 22.9 Å². The molecule has 0 aliphatic carbocycles.